The van der Waals surface area contributed by atoms with Crippen LogP contribution in [0.1, 0.15) is 6.42 Å². The number of benzene rings is 1. The van der Waals surface area contributed by atoms with Crippen LogP contribution in [-0.4, -0.2) is 51.4 Å². The molecule has 27 heavy (non-hydrogen) atoms. The van der Waals surface area contributed by atoms with Gasteiger partial charge in [0.25, 0.3) is 0 Å². The van der Waals surface area contributed by atoms with Gasteiger partial charge in [-0.05, 0) is 30.7 Å². The maximum atomic E-state index is 12.5. The zero-order chi connectivity index (χ0) is 18.8. The minimum atomic E-state index is 0.0323. The number of hydrogen-bond acceptors (Lipinski definition) is 5. The van der Waals surface area contributed by atoms with Gasteiger partial charge in [-0.1, -0.05) is 23.2 Å². The molecule has 1 aliphatic heterocycles. The van der Waals surface area contributed by atoms with Crippen molar-refractivity contribution >= 4 is 51.6 Å². The third-order valence-electron chi connectivity index (χ3n) is 4.54. The summed E-state index contributed by atoms with van der Waals surface area (Å²) in [6, 6.07) is 7.23. The monoisotopic (exact) mass is 404 g/mol. The zero-order valence-electron chi connectivity index (χ0n) is 14.4. The number of H-pyrrole nitrogens is 1. The molecule has 1 fully saturated rings. The van der Waals surface area contributed by atoms with E-state index in [1.165, 1.54) is 6.33 Å². The maximum absolute atomic E-state index is 12.5. The Balaban J connectivity index is 1.33. The predicted molar refractivity (Wildman–Crippen MR) is 107 cm³/mol. The van der Waals surface area contributed by atoms with E-state index in [1.807, 2.05) is 17.2 Å². The van der Waals surface area contributed by atoms with Crippen LogP contribution in [0, 0.1) is 0 Å². The van der Waals surface area contributed by atoms with E-state index in [0.29, 0.717) is 23.1 Å². The molecule has 3 heterocycles. The van der Waals surface area contributed by atoms with Gasteiger partial charge in [0.05, 0.1) is 11.9 Å². The molecule has 1 unspecified atom stereocenters. The predicted octanol–water partition coefficient (Wildman–Crippen LogP) is 3.39. The highest BCUT2D eigenvalue weighted by Gasteiger charge is 2.26. The first-order valence-corrected chi connectivity index (χ1v) is 9.36. The van der Waals surface area contributed by atoms with Crippen molar-refractivity contribution in [1.29, 1.82) is 0 Å². The molecular weight excluding hydrogens is 387 g/mol. The number of amides is 1. The Bertz CT molecular complexity index is 955. The van der Waals surface area contributed by atoms with Crippen molar-refractivity contribution in [3.63, 3.8) is 0 Å². The molecule has 140 valence electrons. The van der Waals surface area contributed by atoms with Crippen molar-refractivity contribution in [1.82, 2.24) is 19.9 Å². The lowest BCUT2D eigenvalue weighted by Crippen LogP contribution is -2.35. The number of aromatic nitrogens is 3. The number of aromatic amines is 1. The van der Waals surface area contributed by atoms with E-state index in [0.717, 1.165) is 29.0 Å². The zero-order valence-corrected chi connectivity index (χ0v) is 15.9. The summed E-state index contributed by atoms with van der Waals surface area (Å²) in [5, 5.41) is 8.51. The van der Waals surface area contributed by atoms with Crippen molar-refractivity contribution < 1.29 is 4.79 Å². The quantitative estimate of drug-likeness (QED) is 0.606. The number of likely N-dealkylation sites (tertiary alicyclic amines) is 1. The van der Waals surface area contributed by atoms with Gasteiger partial charge in [-0.25, -0.2) is 9.97 Å². The Labute approximate surface area is 166 Å². The molecule has 1 aliphatic rings. The van der Waals surface area contributed by atoms with E-state index in [2.05, 4.69) is 25.6 Å². The number of rotatable bonds is 5. The molecule has 1 aromatic carbocycles. The second-order valence-electron chi connectivity index (χ2n) is 6.44. The summed E-state index contributed by atoms with van der Waals surface area (Å²) in [6.45, 7) is 1.53. The molecule has 7 nitrogen and oxygen atoms in total. The van der Waals surface area contributed by atoms with Crippen LogP contribution < -0.4 is 10.6 Å². The SMILES string of the molecule is O=C(CNc1cc(Cl)cc(Cl)c1)N1CCC(Nc2ncnc3[nH]ccc23)C1. The maximum Gasteiger partial charge on any atom is 0.241 e. The molecule has 1 atom stereocenters. The van der Waals surface area contributed by atoms with Crippen LogP contribution in [0.2, 0.25) is 10.0 Å². The van der Waals surface area contributed by atoms with Crippen molar-refractivity contribution in [2.75, 3.05) is 30.3 Å². The lowest BCUT2D eigenvalue weighted by Gasteiger charge is -2.18. The fourth-order valence-corrected chi connectivity index (χ4v) is 3.76. The first-order chi connectivity index (χ1) is 13.1. The fraction of sp³-hybridized carbons (Fsp3) is 0.278. The highest BCUT2D eigenvalue weighted by Crippen LogP contribution is 2.23. The average Bonchev–Trinajstić information content (AvgIpc) is 3.28. The van der Waals surface area contributed by atoms with Crippen LogP contribution in [0.5, 0.6) is 0 Å². The first-order valence-electron chi connectivity index (χ1n) is 8.61. The second kappa shape index (κ2) is 7.62. The summed E-state index contributed by atoms with van der Waals surface area (Å²) in [5.74, 6) is 0.817. The molecule has 3 aromatic rings. The van der Waals surface area contributed by atoms with Crippen LogP contribution in [0.4, 0.5) is 11.5 Å². The number of hydrogen-bond donors (Lipinski definition) is 3. The summed E-state index contributed by atoms with van der Waals surface area (Å²) < 4.78 is 0. The van der Waals surface area contributed by atoms with E-state index in [4.69, 9.17) is 23.2 Å². The number of carbonyl (C=O) groups excluding carboxylic acids is 1. The van der Waals surface area contributed by atoms with Gasteiger partial charge in [0.1, 0.15) is 17.8 Å². The van der Waals surface area contributed by atoms with E-state index in [9.17, 15) is 4.79 Å². The Morgan fingerprint density at radius 1 is 1.26 bits per heavy atom. The Morgan fingerprint density at radius 3 is 2.89 bits per heavy atom. The molecular formula is C18H18Cl2N6O. The molecule has 0 saturated carbocycles. The molecule has 9 heteroatoms. The Hall–Kier alpha value is -2.51. The van der Waals surface area contributed by atoms with Gasteiger partial charge < -0.3 is 20.5 Å². The topological polar surface area (TPSA) is 85.9 Å². The highest BCUT2D eigenvalue weighted by atomic mass is 35.5. The number of nitrogens with one attached hydrogen (secondary N) is 3. The van der Waals surface area contributed by atoms with E-state index >= 15 is 0 Å². The number of halogens is 2. The molecule has 1 amide bonds. The summed E-state index contributed by atoms with van der Waals surface area (Å²) in [5.41, 5.74) is 1.52. The number of nitrogens with zero attached hydrogens (tertiary/aromatic N) is 3. The molecule has 0 spiro atoms. The second-order valence-corrected chi connectivity index (χ2v) is 7.32. The summed E-state index contributed by atoms with van der Waals surface area (Å²) in [6.07, 6.45) is 4.23. The Kier molecular flexibility index (Phi) is 5.05. The van der Waals surface area contributed by atoms with E-state index < -0.39 is 0 Å². The van der Waals surface area contributed by atoms with Crippen molar-refractivity contribution in [3.8, 4) is 0 Å². The number of carbonyl (C=O) groups is 1. The van der Waals surface area contributed by atoms with Crippen molar-refractivity contribution in [2.24, 2.45) is 0 Å². The van der Waals surface area contributed by atoms with Gasteiger partial charge in [-0.15, -0.1) is 0 Å². The minimum Gasteiger partial charge on any atom is -0.376 e. The lowest BCUT2D eigenvalue weighted by atomic mass is 10.2. The summed E-state index contributed by atoms with van der Waals surface area (Å²) >= 11 is 12.0. The van der Waals surface area contributed by atoms with Gasteiger partial charge in [-0.2, -0.15) is 0 Å². The molecule has 0 aliphatic carbocycles. The Morgan fingerprint density at radius 2 is 2.07 bits per heavy atom. The van der Waals surface area contributed by atoms with Crippen molar-refractivity contribution in [2.45, 2.75) is 12.5 Å². The average molecular weight is 405 g/mol. The third-order valence-corrected chi connectivity index (χ3v) is 4.98. The lowest BCUT2D eigenvalue weighted by molar-refractivity contribution is -0.128. The molecule has 4 rings (SSSR count). The molecule has 3 N–H and O–H groups in total. The minimum absolute atomic E-state index is 0.0323. The van der Waals surface area contributed by atoms with Crippen molar-refractivity contribution in [3.05, 3.63) is 46.8 Å². The van der Waals surface area contributed by atoms with Gasteiger partial charge >= 0.3 is 0 Å². The van der Waals surface area contributed by atoms with Gasteiger partial charge in [-0.3, -0.25) is 4.79 Å². The van der Waals surface area contributed by atoms with E-state index in [1.54, 1.807) is 18.2 Å². The largest absolute Gasteiger partial charge is 0.376 e. The number of anilines is 2. The molecule has 0 radical (unpaired) electrons. The fourth-order valence-electron chi connectivity index (χ4n) is 3.23. The molecule has 0 bridgehead atoms. The van der Waals surface area contributed by atoms with Crippen LogP contribution in [0.15, 0.2) is 36.8 Å². The first kappa shape index (κ1) is 17.9. The van der Waals surface area contributed by atoms with Gasteiger partial charge in [0.15, 0.2) is 0 Å². The van der Waals surface area contributed by atoms with E-state index in [-0.39, 0.29) is 18.5 Å². The standard InChI is InChI=1S/C18H18Cl2N6O/c19-11-5-12(20)7-14(6-11)22-8-16(27)26-4-2-13(9-26)25-18-15-1-3-21-17(15)23-10-24-18/h1,3,5-7,10,13,22H,2,4,8-9H2,(H2,21,23,24,25). The van der Waals surface area contributed by atoms with Crippen LogP contribution in [-0.2, 0) is 4.79 Å². The summed E-state index contributed by atoms with van der Waals surface area (Å²) in [4.78, 5) is 25.9. The molecule has 2 aromatic heterocycles. The highest BCUT2D eigenvalue weighted by molar-refractivity contribution is 6.35. The smallest absolute Gasteiger partial charge is 0.241 e. The normalized spacial score (nSPS) is 16.7. The van der Waals surface area contributed by atoms with Gasteiger partial charge in [0, 0.05) is 41.1 Å². The molecule has 1 saturated heterocycles. The summed E-state index contributed by atoms with van der Waals surface area (Å²) in [7, 11) is 0. The number of fused-ring (bicyclic) bond motifs is 1. The van der Waals surface area contributed by atoms with Crippen LogP contribution in [0.3, 0.4) is 0 Å². The van der Waals surface area contributed by atoms with Crippen LogP contribution >= 0.6 is 23.2 Å². The van der Waals surface area contributed by atoms with Crippen LogP contribution in [0.25, 0.3) is 11.0 Å². The third kappa shape index (κ3) is 4.09. The van der Waals surface area contributed by atoms with Gasteiger partial charge in [0.2, 0.25) is 5.91 Å².